The zero-order chi connectivity index (χ0) is 14.5. The van der Waals surface area contributed by atoms with E-state index < -0.39 is 17.9 Å². The average molecular weight is 270 g/mol. The predicted molar refractivity (Wildman–Crippen MR) is 73.3 cm³/mol. The molecule has 1 unspecified atom stereocenters. The van der Waals surface area contributed by atoms with Crippen LogP contribution in [0.1, 0.15) is 27.7 Å². The topological polar surface area (TPSA) is 79.3 Å². The minimum atomic E-state index is -1.11. The number of carboxylic acid groups (broad SMARTS) is 1. The Kier molecular flexibility index (Phi) is 4.10. The lowest BCUT2D eigenvalue weighted by atomic mass is 10.1. The van der Waals surface area contributed by atoms with Crippen molar-refractivity contribution < 1.29 is 14.7 Å². The molecular weight excluding hydrogens is 256 g/mol. The van der Waals surface area contributed by atoms with Crippen molar-refractivity contribution in [1.29, 1.82) is 0 Å². The van der Waals surface area contributed by atoms with E-state index in [0.717, 1.165) is 0 Å². The zero-order valence-electron chi connectivity index (χ0n) is 10.9. The van der Waals surface area contributed by atoms with E-state index in [-0.39, 0.29) is 5.69 Å². The molecule has 1 heterocycles. The number of aromatic nitrogens is 1. The van der Waals surface area contributed by atoms with E-state index in [0.29, 0.717) is 11.1 Å². The van der Waals surface area contributed by atoms with Gasteiger partial charge < -0.3 is 10.4 Å². The number of pyridine rings is 1. The van der Waals surface area contributed by atoms with E-state index in [1.165, 1.54) is 6.20 Å². The second-order valence-corrected chi connectivity index (χ2v) is 4.32. The highest BCUT2D eigenvalue weighted by Gasteiger charge is 2.23. The molecule has 5 nitrogen and oxygen atoms in total. The van der Waals surface area contributed by atoms with Crippen LogP contribution in [0.4, 0.5) is 0 Å². The fourth-order valence-corrected chi connectivity index (χ4v) is 1.86. The van der Waals surface area contributed by atoms with Crippen molar-refractivity contribution in [2.75, 3.05) is 0 Å². The fraction of sp³-hybridized carbons (Fsp3) is 0.133. The second-order valence-electron chi connectivity index (χ2n) is 4.32. The molecule has 0 saturated carbocycles. The van der Waals surface area contributed by atoms with Gasteiger partial charge in [-0.2, -0.15) is 0 Å². The van der Waals surface area contributed by atoms with E-state index in [4.69, 9.17) is 0 Å². The molecule has 2 rings (SSSR count). The summed E-state index contributed by atoms with van der Waals surface area (Å²) in [4.78, 5) is 27.4. The molecule has 102 valence electrons. The number of aliphatic carboxylic acids is 1. The van der Waals surface area contributed by atoms with E-state index in [1.807, 2.05) is 0 Å². The smallest absolute Gasteiger partial charge is 0.330 e. The van der Waals surface area contributed by atoms with Crippen LogP contribution in [0.3, 0.4) is 0 Å². The van der Waals surface area contributed by atoms with Gasteiger partial charge in [0.25, 0.3) is 5.91 Å². The number of hydrogen-bond donors (Lipinski definition) is 2. The van der Waals surface area contributed by atoms with Gasteiger partial charge in [-0.15, -0.1) is 0 Å². The molecule has 1 aromatic carbocycles. The molecule has 1 amide bonds. The predicted octanol–water partition coefficient (Wildman–Crippen LogP) is 1.95. The van der Waals surface area contributed by atoms with Crippen LogP contribution < -0.4 is 5.32 Å². The number of benzene rings is 1. The van der Waals surface area contributed by atoms with Crippen molar-refractivity contribution in [2.45, 2.75) is 13.0 Å². The first kappa shape index (κ1) is 13.7. The third kappa shape index (κ3) is 3.00. The number of nitrogens with one attached hydrogen (secondary N) is 1. The number of rotatable bonds is 4. The van der Waals surface area contributed by atoms with Crippen LogP contribution in [0.2, 0.25) is 0 Å². The summed E-state index contributed by atoms with van der Waals surface area (Å²) in [5.74, 6) is -1.61. The number of carbonyl (C=O) groups is 2. The van der Waals surface area contributed by atoms with Gasteiger partial charge in [-0.25, -0.2) is 4.79 Å². The standard InChI is InChI=1S/C15H14N2O3/c1-10-6-5-9-16-12(10)14(18)17-13(15(19)20)11-7-3-2-4-8-11/h2-9,13H,1H3,(H,17,18)(H,19,20). The largest absolute Gasteiger partial charge is 0.479 e. The van der Waals surface area contributed by atoms with Crippen LogP contribution in [-0.2, 0) is 4.79 Å². The highest BCUT2D eigenvalue weighted by Crippen LogP contribution is 2.14. The molecule has 0 saturated heterocycles. The summed E-state index contributed by atoms with van der Waals surface area (Å²) in [6, 6.07) is 10.9. The van der Waals surface area contributed by atoms with E-state index >= 15 is 0 Å². The molecule has 1 atom stereocenters. The van der Waals surface area contributed by atoms with Crippen molar-refractivity contribution in [1.82, 2.24) is 10.3 Å². The van der Waals surface area contributed by atoms with Crippen molar-refractivity contribution >= 4 is 11.9 Å². The van der Waals surface area contributed by atoms with Gasteiger partial charge in [0.1, 0.15) is 5.69 Å². The van der Waals surface area contributed by atoms with E-state index in [1.54, 1.807) is 49.4 Å². The van der Waals surface area contributed by atoms with Gasteiger partial charge in [0.15, 0.2) is 6.04 Å². The van der Waals surface area contributed by atoms with E-state index in [2.05, 4.69) is 10.3 Å². The highest BCUT2D eigenvalue weighted by atomic mass is 16.4. The van der Waals surface area contributed by atoms with Crippen molar-refractivity contribution in [3.8, 4) is 0 Å². The van der Waals surface area contributed by atoms with Crippen LogP contribution >= 0.6 is 0 Å². The fourth-order valence-electron chi connectivity index (χ4n) is 1.86. The minimum absolute atomic E-state index is 0.231. The van der Waals surface area contributed by atoms with E-state index in [9.17, 15) is 14.7 Å². The lowest BCUT2D eigenvalue weighted by molar-refractivity contribution is -0.139. The monoisotopic (exact) mass is 270 g/mol. The lowest BCUT2D eigenvalue weighted by Gasteiger charge is -2.15. The first-order chi connectivity index (χ1) is 9.59. The van der Waals surface area contributed by atoms with Crippen LogP contribution in [0.5, 0.6) is 0 Å². The first-order valence-corrected chi connectivity index (χ1v) is 6.10. The summed E-state index contributed by atoms with van der Waals surface area (Å²) >= 11 is 0. The van der Waals surface area contributed by atoms with Gasteiger partial charge >= 0.3 is 5.97 Å². The van der Waals surface area contributed by atoms with Gasteiger partial charge in [0.2, 0.25) is 0 Å². The number of aryl methyl sites for hydroxylation is 1. The Bertz CT molecular complexity index is 626. The minimum Gasteiger partial charge on any atom is -0.479 e. The molecule has 20 heavy (non-hydrogen) atoms. The van der Waals surface area contributed by atoms with Gasteiger partial charge in [0, 0.05) is 6.20 Å². The van der Waals surface area contributed by atoms with Crippen LogP contribution in [0, 0.1) is 6.92 Å². The summed E-state index contributed by atoms with van der Waals surface area (Å²) < 4.78 is 0. The number of carboxylic acids is 1. The molecule has 0 spiro atoms. The molecule has 1 aromatic heterocycles. The summed E-state index contributed by atoms with van der Waals surface area (Å²) in [5.41, 5.74) is 1.44. The quantitative estimate of drug-likeness (QED) is 0.890. The molecular formula is C15H14N2O3. The molecule has 0 aliphatic rings. The summed E-state index contributed by atoms with van der Waals surface area (Å²) in [6.45, 7) is 1.75. The van der Waals surface area contributed by atoms with Gasteiger partial charge in [-0.05, 0) is 24.1 Å². The maximum Gasteiger partial charge on any atom is 0.330 e. The third-order valence-electron chi connectivity index (χ3n) is 2.88. The molecule has 0 aliphatic heterocycles. The van der Waals surface area contributed by atoms with Crippen LogP contribution in [0.15, 0.2) is 48.7 Å². The Morgan fingerprint density at radius 2 is 1.85 bits per heavy atom. The number of nitrogens with zero attached hydrogens (tertiary/aromatic N) is 1. The number of hydrogen-bond acceptors (Lipinski definition) is 3. The Morgan fingerprint density at radius 3 is 2.45 bits per heavy atom. The Labute approximate surface area is 116 Å². The Hall–Kier alpha value is -2.69. The van der Waals surface area contributed by atoms with Crippen molar-refractivity contribution in [3.05, 3.63) is 65.5 Å². The van der Waals surface area contributed by atoms with Crippen LogP contribution in [-0.4, -0.2) is 22.0 Å². The summed E-state index contributed by atoms with van der Waals surface area (Å²) in [6.07, 6.45) is 1.50. The number of amides is 1. The Balaban J connectivity index is 2.24. The normalized spacial score (nSPS) is 11.7. The summed E-state index contributed by atoms with van der Waals surface area (Å²) in [5, 5.41) is 11.7. The SMILES string of the molecule is Cc1cccnc1C(=O)NC(C(=O)O)c1ccccc1. The zero-order valence-corrected chi connectivity index (χ0v) is 10.9. The first-order valence-electron chi connectivity index (χ1n) is 6.10. The maximum absolute atomic E-state index is 12.1. The second kappa shape index (κ2) is 5.97. The third-order valence-corrected chi connectivity index (χ3v) is 2.88. The van der Waals surface area contributed by atoms with Gasteiger partial charge in [-0.3, -0.25) is 9.78 Å². The molecule has 5 heteroatoms. The molecule has 2 aromatic rings. The number of carbonyl (C=O) groups excluding carboxylic acids is 1. The van der Waals surface area contributed by atoms with Crippen molar-refractivity contribution in [3.63, 3.8) is 0 Å². The van der Waals surface area contributed by atoms with Crippen molar-refractivity contribution in [2.24, 2.45) is 0 Å². The molecule has 2 N–H and O–H groups in total. The summed E-state index contributed by atoms with van der Waals surface area (Å²) in [7, 11) is 0. The van der Waals surface area contributed by atoms with Gasteiger partial charge in [0.05, 0.1) is 0 Å². The molecule has 0 aliphatic carbocycles. The lowest BCUT2D eigenvalue weighted by Crippen LogP contribution is -2.34. The maximum atomic E-state index is 12.1. The van der Waals surface area contributed by atoms with Gasteiger partial charge in [-0.1, -0.05) is 36.4 Å². The molecule has 0 fully saturated rings. The molecule has 0 radical (unpaired) electrons. The van der Waals surface area contributed by atoms with Crippen LogP contribution in [0.25, 0.3) is 0 Å². The Morgan fingerprint density at radius 1 is 1.15 bits per heavy atom. The average Bonchev–Trinajstić information content (AvgIpc) is 2.45. The highest BCUT2D eigenvalue weighted by molar-refractivity contribution is 5.96. The molecule has 0 bridgehead atoms.